The lowest BCUT2D eigenvalue weighted by Gasteiger charge is -2.30. The summed E-state index contributed by atoms with van der Waals surface area (Å²) in [5.41, 5.74) is 7.27. The van der Waals surface area contributed by atoms with E-state index in [0.717, 1.165) is 18.2 Å². The number of hydrogen-bond acceptors (Lipinski definition) is 3. The normalized spacial score (nSPS) is 26.9. The summed E-state index contributed by atoms with van der Waals surface area (Å²) in [7, 11) is 0. The number of piperidine rings is 1. The number of nitrogens with two attached hydrogens (primary N) is 1. The number of rotatable bonds is 2. The smallest absolute Gasteiger partial charge is 0.170 e. The van der Waals surface area contributed by atoms with E-state index in [1.54, 1.807) is 6.07 Å². The number of nitrogens with zero attached hydrogens (tertiary/aromatic N) is 2. The molecule has 1 heterocycles. The Bertz CT molecular complexity index is 503. The van der Waals surface area contributed by atoms with Gasteiger partial charge in [-0.25, -0.2) is 0 Å². The maximum Gasteiger partial charge on any atom is 0.170 e. The first-order valence-corrected chi connectivity index (χ1v) is 6.61. The summed E-state index contributed by atoms with van der Waals surface area (Å²) in [6.45, 7) is 1.10. The number of hydrogen-bond donors (Lipinski definition) is 2. The van der Waals surface area contributed by atoms with Crippen LogP contribution in [0.15, 0.2) is 23.4 Å². The molecule has 0 spiro atoms. The summed E-state index contributed by atoms with van der Waals surface area (Å²) >= 11 is 6.31. The zero-order valence-corrected chi connectivity index (χ0v) is 10.8. The second kappa shape index (κ2) is 4.35. The number of halogens is 1. The third kappa shape index (κ3) is 1.81. The molecule has 5 heteroatoms. The van der Waals surface area contributed by atoms with Crippen LogP contribution >= 0.6 is 11.6 Å². The van der Waals surface area contributed by atoms with E-state index in [1.165, 1.54) is 19.3 Å². The number of oxime groups is 1. The van der Waals surface area contributed by atoms with Crippen molar-refractivity contribution in [3.8, 4) is 0 Å². The van der Waals surface area contributed by atoms with Crippen LogP contribution in [0.4, 0.5) is 5.69 Å². The summed E-state index contributed by atoms with van der Waals surface area (Å²) in [4.78, 5) is 2.40. The molecule has 0 aromatic heterocycles. The fraction of sp³-hybridized carbons (Fsp3) is 0.462. The maximum absolute atomic E-state index is 8.66. The van der Waals surface area contributed by atoms with Crippen molar-refractivity contribution in [2.24, 2.45) is 16.8 Å². The Kier molecular flexibility index (Phi) is 2.82. The van der Waals surface area contributed by atoms with E-state index < -0.39 is 0 Å². The van der Waals surface area contributed by atoms with Gasteiger partial charge in [0.15, 0.2) is 5.84 Å². The van der Waals surface area contributed by atoms with Crippen LogP contribution in [0.3, 0.4) is 0 Å². The van der Waals surface area contributed by atoms with Gasteiger partial charge in [0.1, 0.15) is 0 Å². The van der Waals surface area contributed by atoms with Gasteiger partial charge in [-0.2, -0.15) is 0 Å². The molecular formula is C13H16ClN3O. The van der Waals surface area contributed by atoms with Crippen molar-refractivity contribution >= 4 is 23.1 Å². The van der Waals surface area contributed by atoms with Crippen molar-refractivity contribution in [1.82, 2.24) is 0 Å². The third-order valence-electron chi connectivity index (χ3n) is 4.07. The first-order valence-electron chi connectivity index (χ1n) is 6.23. The van der Waals surface area contributed by atoms with Gasteiger partial charge in [-0.3, -0.25) is 0 Å². The summed E-state index contributed by atoms with van der Waals surface area (Å²) in [5, 5.41) is 12.3. The highest BCUT2D eigenvalue weighted by Crippen LogP contribution is 2.42. The fourth-order valence-electron chi connectivity index (χ4n) is 3.18. The molecule has 4 nitrogen and oxygen atoms in total. The molecule has 0 amide bonds. The minimum atomic E-state index is 0.0893. The van der Waals surface area contributed by atoms with E-state index in [9.17, 15) is 0 Å². The summed E-state index contributed by atoms with van der Waals surface area (Å²) in [6, 6.07) is 6.22. The number of anilines is 1. The predicted octanol–water partition coefficient (Wildman–Crippen LogP) is 2.42. The fourth-order valence-corrected chi connectivity index (χ4v) is 3.47. The van der Waals surface area contributed by atoms with Gasteiger partial charge >= 0.3 is 0 Å². The van der Waals surface area contributed by atoms with Gasteiger partial charge in [-0.15, -0.1) is 0 Å². The molecule has 1 aromatic carbocycles. The topological polar surface area (TPSA) is 61.9 Å². The Morgan fingerprint density at radius 2 is 2.28 bits per heavy atom. The second-order valence-corrected chi connectivity index (χ2v) is 5.54. The van der Waals surface area contributed by atoms with E-state index in [1.807, 2.05) is 12.1 Å². The Morgan fingerprint density at radius 1 is 1.44 bits per heavy atom. The van der Waals surface area contributed by atoms with E-state index in [2.05, 4.69) is 10.1 Å². The average molecular weight is 266 g/mol. The molecule has 2 atom stereocenters. The lowest BCUT2D eigenvalue weighted by atomic mass is 10.1. The monoisotopic (exact) mass is 265 g/mol. The molecule has 2 fully saturated rings. The van der Waals surface area contributed by atoms with Gasteiger partial charge in [-0.1, -0.05) is 16.8 Å². The molecule has 1 saturated heterocycles. The third-order valence-corrected chi connectivity index (χ3v) is 4.37. The van der Waals surface area contributed by atoms with E-state index >= 15 is 0 Å². The van der Waals surface area contributed by atoms with Crippen LogP contribution in [0.1, 0.15) is 24.8 Å². The molecule has 2 unspecified atom stereocenters. The van der Waals surface area contributed by atoms with Crippen LogP contribution in [-0.2, 0) is 0 Å². The number of amidine groups is 1. The van der Waals surface area contributed by atoms with Crippen molar-refractivity contribution < 1.29 is 5.21 Å². The van der Waals surface area contributed by atoms with Crippen LogP contribution in [0.25, 0.3) is 0 Å². The number of benzene rings is 1. The zero-order valence-electron chi connectivity index (χ0n) is 10.0. The molecular weight excluding hydrogens is 250 g/mol. The molecule has 1 aliphatic carbocycles. The maximum atomic E-state index is 8.66. The van der Waals surface area contributed by atoms with E-state index in [-0.39, 0.29) is 5.84 Å². The molecule has 18 heavy (non-hydrogen) atoms. The summed E-state index contributed by atoms with van der Waals surface area (Å²) in [6.07, 6.45) is 3.91. The molecule has 1 saturated carbocycles. The lowest BCUT2D eigenvalue weighted by molar-refractivity contribution is 0.318. The van der Waals surface area contributed by atoms with Crippen molar-refractivity contribution in [2.45, 2.75) is 25.3 Å². The minimum Gasteiger partial charge on any atom is -0.409 e. The van der Waals surface area contributed by atoms with Crippen molar-refractivity contribution in [1.29, 1.82) is 0 Å². The van der Waals surface area contributed by atoms with Gasteiger partial charge in [0.25, 0.3) is 0 Å². The van der Waals surface area contributed by atoms with Gasteiger partial charge in [-0.05, 0) is 43.4 Å². The van der Waals surface area contributed by atoms with Crippen LogP contribution in [0, 0.1) is 5.92 Å². The van der Waals surface area contributed by atoms with Crippen LogP contribution in [0.2, 0.25) is 5.02 Å². The molecule has 2 aliphatic rings. The van der Waals surface area contributed by atoms with Crippen LogP contribution in [-0.4, -0.2) is 23.6 Å². The van der Waals surface area contributed by atoms with Crippen molar-refractivity contribution in [3.05, 3.63) is 28.8 Å². The molecule has 2 bridgehead atoms. The standard InChI is InChI=1S/C13H16ClN3O/c14-11-6-9(13(15)16-18)2-4-12(11)17-7-8-1-3-10(17)5-8/h2,4,6,8,10,18H,1,3,5,7H2,(H2,15,16). The highest BCUT2D eigenvalue weighted by molar-refractivity contribution is 6.33. The van der Waals surface area contributed by atoms with Gasteiger partial charge < -0.3 is 15.8 Å². The van der Waals surface area contributed by atoms with E-state index in [0.29, 0.717) is 16.6 Å². The zero-order chi connectivity index (χ0) is 12.7. The molecule has 1 aliphatic heterocycles. The summed E-state index contributed by atoms with van der Waals surface area (Å²) < 4.78 is 0. The second-order valence-electron chi connectivity index (χ2n) is 5.14. The molecule has 3 rings (SSSR count). The highest BCUT2D eigenvalue weighted by Gasteiger charge is 2.38. The molecule has 1 aromatic rings. The van der Waals surface area contributed by atoms with Crippen LogP contribution in [0.5, 0.6) is 0 Å². The molecule has 0 radical (unpaired) electrons. The van der Waals surface area contributed by atoms with Crippen molar-refractivity contribution in [2.75, 3.05) is 11.4 Å². The Balaban J connectivity index is 1.90. The van der Waals surface area contributed by atoms with Crippen LogP contribution < -0.4 is 10.6 Å². The van der Waals surface area contributed by atoms with E-state index in [4.69, 9.17) is 22.5 Å². The van der Waals surface area contributed by atoms with Gasteiger partial charge in [0, 0.05) is 18.2 Å². The number of fused-ring (bicyclic) bond motifs is 2. The molecule has 96 valence electrons. The molecule has 3 N–H and O–H groups in total. The quantitative estimate of drug-likeness (QED) is 0.374. The first kappa shape index (κ1) is 11.7. The highest BCUT2D eigenvalue weighted by atomic mass is 35.5. The first-order chi connectivity index (χ1) is 8.69. The largest absolute Gasteiger partial charge is 0.409 e. The Hall–Kier alpha value is -1.42. The van der Waals surface area contributed by atoms with Crippen molar-refractivity contribution in [3.63, 3.8) is 0 Å². The van der Waals surface area contributed by atoms with Gasteiger partial charge in [0.05, 0.1) is 10.7 Å². The minimum absolute atomic E-state index is 0.0893. The predicted molar refractivity (Wildman–Crippen MR) is 72.4 cm³/mol. The average Bonchev–Trinajstić information content (AvgIpc) is 3.00. The SMILES string of the molecule is NC(=NO)c1ccc(N2CC3CCC2C3)c(Cl)c1. The van der Waals surface area contributed by atoms with Gasteiger partial charge in [0.2, 0.25) is 0 Å². The summed E-state index contributed by atoms with van der Waals surface area (Å²) in [5.74, 6) is 0.918. The Morgan fingerprint density at radius 3 is 2.83 bits per heavy atom. The lowest BCUT2D eigenvalue weighted by Crippen LogP contribution is -2.32. The Labute approximate surface area is 111 Å².